The number of hydrogen-bond acceptors (Lipinski definition) is 2. The third-order valence-electron chi connectivity index (χ3n) is 3.14. The van der Waals surface area contributed by atoms with Crippen molar-refractivity contribution < 1.29 is 9.53 Å². The summed E-state index contributed by atoms with van der Waals surface area (Å²) in [7, 11) is 0. The molecular formula is C15H14Br2O2Sn. The molecule has 104 valence electrons. The fourth-order valence-corrected chi connectivity index (χ4v) is 5.36. The molecule has 0 unspecified atom stereocenters. The second kappa shape index (κ2) is 6.62. The van der Waals surface area contributed by atoms with Gasteiger partial charge in [0, 0.05) is 0 Å². The second-order valence-electron chi connectivity index (χ2n) is 4.64. The molecule has 0 bridgehead atoms. The fourth-order valence-electron chi connectivity index (χ4n) is 2.11. The molecule has 2 aromatic carbocycles. The number of carbonyl (C=O) groups excluding carboxylic acids is 1. The Morgan fingerprint density at radius 3 is 1.60 bits per heavy atom. The van der Waals surface area contributed by atoms with Gasteiger partial charge in [0.2, 0.25) is 0 Å². The first-order chi connectivity index (χ1) is 9.41. The molecule has 0 aliphatic rings. The zero-order chi connectivity index (χ0) is 14.8. The van der Waals surface area contributed by atoms with Crippen LogP contribution in [0.5, 0.6) is 0 Å². The molecule has 0 saturated heterocycles. The van der Waals surface area contributed by atoms with Crippen molar-refractivity contribution in [3.8, 4) is 0 Å². The van der Waals surface area contributed by atoms with Crippen LogP contribution in [0.4, 0.5) is 0 Å². The van der Waals surface area contributed by atoms with Gasteiger partial charge < -0.3 is 0 Å². The standard InChI is InChI=1S/C15H11Br2O2.Sn.3H/c1-10(18)19-15(11-2-6-13(16)7-3-11)12-4-8-14(17)9-5-12;;;;/h2-9H,1H3;;;;. The van der Waals surface area contributed by atoms with Gasteiger partial charge in [-0.1, -0.05) is 0 Å². The molecule has 0 radical (unpaired) electrons. The topological polar surface area (TPSA) is 26.3 Å². The molecular weight excluding hydrogens is 491 g/mol. The van der Waals surface area contributed by atoms with E-state index in [4.69, 9.17) is 4.74 Å². The third kappa shape index (κ3) is 3.65. The Balaban J connectivity index is 2.52. The summed E-state index contributed by atoms with van der Waals surface area (Å²) in [5, 5.41) is 0. The zero-order valence-corrected chi connectivity index (χ0v) is 20.1. The molecule has 0 atom stereocenters. The summed E-state index contributed by atoms with van der Waals surface area (Å²) in [6, 6.07) is 15.9. The van der Waals surface area contributed by atoms with Crippen molar-refractivity contribution in [2.75, 3.05) is 0 Å². The van der Waals surface area contributed by atoms with E-state index in [9.17, 15) is 4.79 Å². The predicted molar refractivity (Wildman–Crippen MR) is 90.8 cm³/mol. The summed E-state index contributed by atoms with van der Waals surface area (Å²) in [6.45, 7) is 1.46. The number of esters is 1. The summed E-state index contributed by atoms with van der Waals surface area (Å²) >= 11 is 6.89. The van der Waals surface area contributed by atoms with E-state index in [2.05, 4.69) is 31.9 Å². The van der Waals surface area contributed by atoms with Crippen LogP contribution in [0.25, 0.3) is 0 Å². The Bertz CT molecular complexity index is 563. The third-order valence-corrected chi connectivity index (χ3v) is 8.07. The van der Waals surface area contributed by atoms with E-state index in [1.165, 1.54) is 6.92 Å². The molecule has 0 aliphatic heterocycles. The molecule has 0 saturated carbocycles. The van der Waals surface area contributed by atoms with E-state index in [1.54, 1.807) is 0 Å². The van der Waals surface area contributed by atoms with Crippen molar-refractivity contribution in [2.45, 2.75) is 10.5 Å². The van der Waals surface area contributed by atoms with Crippen molar-refractivity contribution in [3.63, 3.8) is 0 Å². The quantitative estimate of drug-likeness (QED) is 0.473. The summed E-state index contributed by atoms with van der Waals surface area (Å²) in [5.41, 5.74) is 2.04. The van der Waals surface area contributed by atoms with Crippen molar-refractivity contribution in [1.29, 1.82) is 0 Å². The van der Waals surface area contributed by atoms with Crippen LogP contribution in [0.1, 0.15) is 18.1 Å². The van der Waals surface area contributed by atoms with Crippen molar-refractivity contribution in [2.24, 2.45) is 0 Å². The zero-order valence-electron chi connectivity index (χ0n) is 11.2. The van der Waals surface area contributed by atoms with Crippen LogP contribution in [0.15, 0.2) is 57.5 Å². The van der Waals surface area contributed by atoms with Crippen LogP contribution in [0.2, 0.25) is 0 Å². The summed E-state index contributed by atoms with van der Waals surface area (Å²) < 4.78 is 7.15. The van der Waals surface area contributed by atoms with Gasteiger partial charge >= 0.3 is 149 Å². The van der Waals surface area contributed by atoms with E-state index in [0.29, 0.717) is 0 Å². The minimum atomic E-state index is -0.588. The van der Waals surface area contributed by atoms with Gasteiger partial charge in [-0.3, -0.25) is 0 Å². The molecule has 5 heteroatoms. The van der Waals surface area contributed by atoms with E-state index < -0.39 is 3.62 Å². The number of benzene rings is 2. The Labute approximate surface area is 148 Å². The number of rotatable bonds is 3. The molecule has 0 aliphatic carbocycles. The SMILES string of the molecule is CC(=O)O[C]([SnH3])(c1ccc(Br)cc1)c1ccc(Br)cc1. The van der Waals surface area contributed by atoms with E-state index in [0.717, 1.165) is 20.1 Å². The molecule has 0 amide bonds. The molecule has 0 heterocycles. The van der Waals surface area contributed by atoms with Crippen molar-refractivity contribution in [1.82, 2.24) is 0 Å². The average Bonchev–Trinajstić information content (AvgIpc) is 2.39. The van der Waals surface area contributed by atoms with Crippen LogP contribution in [0.3, 0.4) is 0 Å². The number of carbonyl (C=O) groups is 1. The molecule has 2 nitrogen and oxygen atoms in total. The van der Waals surface area contributed by atoms with Gasteiger partial charge in [0.1, 0.15) is 0 Å². The Kier molecular flexibility index (Phi) is 5.31. The monoisotopic (exact) mass is 504 g/mol. The number of halogens is 2. The average molecular weight is 505 g/mol. The fraction of sp³-hybridized carbons (Fsp3) is 0.133. The molecule has 2 aromatic rings. The molecule has 20 heavy (non-hydrogen) atoms. The normalized spacial score (nSPS) is 11.3. The number of hydrogen-bond donors (Lipinski definition) is 0. The Morgan fingerprint density at radius 2 is 1.30 bits per heavy atom. The van der Waals surface area contributed by atoms with Crippen molar-refractivity contribution in [3.05, 3.63) is 68.6 Å². The number of ether oxygens (including phenoxy) is 1. The second-order valence-corrected chi connectivity index (χ2v) is 10.5. The molecule has 0 spiro atoms. The first-order valence-corrected chi connectivity index (χ1v) is 10.6. The van der Waals surface area contributed by atoms with Crippen LogP contribution >= 0.6 is 31.9 Å². The molecule has 0 fully saturated rings. The summed E-state index contributed by atoms with van der Waals surface area (Å²) in [4.78, 5) is 11.5. The first-order valence-electron chi connectivity index (χ1n) is 6.13. The van der Waals surface area contributed by atoms with Crippen LogP contribution in [-0.4, -0.2) is 28.5 Å². The van der Waals surface area contributed by atoms with Crippen LogP contribution in [-0.2, 0) is 13.1 Å². The minimum absolute atomic E-state index is 0.0286. The van der Waals surface area contributed by atoms with Gasteiger partial charge in [0.25, 0.3) is 0 Å². The maximum absolute atomic E-state index is 11.5. The van der Waals surface area contributed by atoms with Gasteiger partial charge in [-0.05, 0) is 0 Å². The first kappa shape index (κ1) is 16.0. The molecule has 0 N–H and O–H groups in total. The van der Waals surface area contributed by atoms with Gasteiger partial charge in [0.05, 0.1) is 0 Å². The van der Waals surface area contributed by atoms with Gasteiger partial charge in [-0.2, -0.15) is 0 Å². The van der Waals surface area contributed by atoms with Crippen LogP contribution in [0, 0.1) is 0 Å². The predicted octanol–water partition coefficient (Wildman–Crippen LogP) is 3.34. The van der Waals surface area contributed by atoms with E-state index in [1.807, 2.05) is 48.5 Å². The Morgan fingerprint density at radius 1 is 0.950 bits per heavy atom. The van der Waals surface area contributed by atoms with E-state index in [-0.39, 0.29) is 28.5 Å². The summed E-state index contributed by atoms with van der Waals surface area (Å²) in [6.07, 6.45) is 0. The van der Waals surface area contributed by atoms with Gasteiger partial charge in [0.15, 0.2) is 0 Å². The molecule has 2 rings (SSSR count). The summed E-state index contributed by atoms with van der Waals surface area (Å²) in [5.74, 6) is -0.255. The van der Waals surface area contributed by atoms with Gasteiger partial charge in [-0.15, -0.1) is 0 Å². The van der Waals surface area contributed by atoms with Crippen molar-refractivity contribution >= 4 is 60.4 Å². The van der Waals surface area contributed by atoms with Gasteiger partial charge in [-0.25, -0.2) is 0 Å². The maximum atomic E-state index is 11.5. The van der Waals surface area contributed by atoms with E-state index >= 15 is 0 Å². The molecule has 0 aromatic heterocycles. The Hall–Kier alpha value is -0.331. The van der Waals surface area contributed by atoms with Crippen LogP contribution < -0.4 is 0 Å².